The maximum absolute atomic E-state index is 13.0. The van der Waals surface area contributed by atoms with E-state index in [1.54, 1.807) is 6.92 Å². The van der Waals surface area contributed by atoms with Gasteiger partial charge in [0.05, 0.1) is 13.0 Å². The fourth-order valence-corrected chi connectivity index (χ4v) is 5.08. The van der Waals surface area contributed by atoms with Gasteiger partial charge in [-0.25, -0.2) is 4.79 Å². The Balaban J connectivity index is 1.55. The number of nitrogens with two attached hydrogens (primary N) is 1. The first kappa shape index (κ1) is 37.0. The molecule has 0 spiro atoms. The highest BCUT2D eigenvalue weighted by Gasteiger charge is 2.32. The highest BCUT2D eigenvalue weighted by Crippen LogP contribution is 2.44. The van der Waals surface area contributed by atoms with Crippen molar-refractivity contribution < 1.29 is 48.5 Å². The maximum atomic E-state index is 13.0. The third-order valence-corrected chi connectivity index (χ3v) is 7.72. The van der Waals surface area contributed by atoms with Crippen LogP contribution in [0.2, 0.25) is 0 Å². The number of benzene rings is 2. The van der Waals surface area contributed by atoms with Crippen molar-refractivity contribution in [3.8, 4) is 11.1 Å². The average Bonchev–Trinajstić information content (AvgIpc) is 3.37. The van der Waals surface area contributed by atoms with E-state index in [9.17, 15) is 38.7 Å². The fourth-order valence-electron chi connectivity index (χ4n) is 5.08. The molecule has 5 atom stereocenters. The van der Waals surface area contributed by atoms with Crippen molar-refractivity contribution in [2.45, 2.75) is 69.7 Å². The van der Waals surface area contributed by atoms with Crippen LogP contribution >= 0.6 is 0 Å². The number of rotatable bonds is 16. The van der Waals surface area contributed by atoms with E-state index >= 15 is 0 Å². The van der Waals surface area contributed by atoms with Gasteiger partial charge in [-0.05, 0) is 42.5 Å². The number of nitrogens with one attached hydrogen (secondary N) is 5. The summed E-state index contributed by atoms with van der Waals surface area (Å²) in [5, 5.41) is 29.9. The van der Waals surface area contributed by atoms with E-state index < -0.39 is 84.8 Å². The highest BCUT2D eigenvalue weighted by atomic mass is 16.5. The van der Waals surface area contributed by atoms with Crippen LogP contribution < -0.4 is 32.3 Å². The number of amides is 6. The molecule has 0 saturated carbocycles. The highest BCUT2D eigenvalue weighted by molar-refractivity contribution is 5.97. The standard InChI is InChI=1S/C32H40N6O10/c1-4-23(38-32(47)48-15-22-20-11-7-5-9-18(20)19-10-6-8-12-21(19)22)30(45)34-16(2)28(43)36-24(13-26(40)41)31(46)35-17(3)29(44)37-25(14-39)27(33)42/h5-12,16-17,22-25,39H,4,13-15H2,1-3H3,(H2,33,42)(H,34,45)(H,35,46)(H,36,43)(H,37,44)(H,38,47)(H,40,41)/t16-,17-,23-,24?,25-/m0/s1. The first-order valence-corrected chi connectivity index (χ1v) is 15.2. The van der Waals surface area contributed by atoms with Crippen molar-refractivity contribution in [3.63, 3.8) is 0 Å². The summed E-state index contributed by atoms with van der Waals surface area (Å²) in [6, 6.07) is 8.88. The summed E-state index contributed by atoms with van der Waals surface area (Å²) in [4.78, 5) is 86.3. The molecule has 1 aliphatic rings. The Morgan fingerprint density at radius 1 is 0.729 bits per heavy atom. The van der Waals surface area contributed by atoms with Crippen molar-refractivity contribution >= 4 is 41.6 Å². The largest absolute Gasteiger partial charge is 0.481 e. The van der Waals surface area contributed by atoms with Crippen molar-refractivity contribution in [3.05, 3.63) is 59.7 Å². The molecule has 16 heteroatoms. The van der Waals surface area contributed by atoms with Gasteiger partial charge in [0, 0.05) is 5.92 Å². The van der Waals surface area contributed by atoms with Crippen LogP contribution in [0.4, 0.5) is 4.79 Å². The topological polar surface area (TPSA) is 255 Å². The van der Waals surface area contributed by atoms with Crippen molar-refractivity contribution in [2.75, 3.05) is 13.2 Å². The van der Waals surface area contributed by atoms with E-state index in [2.05, 4.69) is 26.6 Å². The van der Waals surface area contributed by atoms with Crippen molar-refractivity contribution in [1.82, 2.24) is 26.6 Å². The number of aliphatic hydroxyl groups is 1. The molecule has 0 radical (unpaired) electrons. The monoisotopic (exact) mass is 668 g/mol. The molecule has 48 heavy (non-hydrogen) atoms. The lowest BCUT2D eigenvalue weighted by Crippen LogP contribution is -2.58. The lowest BCUT2D eigenvalue weighted by molar-refractivity contribution is -0.141. The smallest absolute Gasteiger partial charge is 0.407 e. The molecular weight excluding hydrogens is 628 g/mol. The molecular formula is C32H40N6O10. The van der Waals surface area contributed by atoms with E-state index in [1.165, 1.54) is 13.8 Å². The van der Waals surface area contributed by atoms with Gasteiger partial charge in [-0.3, -0.25) is 28.8 Å². The summed E-state index contributed by atoms with van der Waals surface area (Å²) >= 11 is 0. The number of hydrogen-bond acceptors (Lipinski definition) is 9. The molecule has 0 bridgehead atoms. The first-order valence-electron chi connectivity index (χ1n) is 15.2. The minimum atomic E-state index is -1.66. The third kappa shape index (κ3) is 9.51. The number of alkyl carbamates (subject to hydrolysis) is 1. The van der Waals surface area contributed by atoms with Crippen LogP contribution in [0.1, 0.15) is 50.7 Å². The van der Waals surface area contributed by atoms with Gasteiger partial charge in [0.1, 0.15) is 36.8 Å². The summed E-state index contributed by atoms with van der Waals surface area (Å²) in [5.41, 5.74) is 9.21. The minimum absolute atomic E-state index is 0.0250. The number of carbonyl (C=O) groups is 7. The van der Waals surface area contributed by atoms with Gasteiger partial charge in [0.25, 0.3) is 0 Å². The Hall–Kier alpha value is -5.51. The number of carboxylic acids is 1. The molecule has 2 aromatic rings. The molecule has 1 unspecified atom stereocenters. The molecule has 2 aromatic carbocycles. The fraction of sp³-hybridized carbons (Fsp3) is 0.406. The number of carbonyl (C=O) groups excluding carboxylic acids is 6. The summed E-state index contributed by atoms with van der Waals surface area (Å²) in [5.74, 6) is -6.27. The summed E-state index contributed by atoms with van der Waals surface area (Å²) in [7, 11) is 0. The van der Waals surface area contributed by atoms with Crippen LogP contribution in [-0.4, -0.2) is 95.2 Å². The molecule has 0 saturated heterocycles. The summed E-state index contributed by atoms with van der Waals surface area (Å²) < 4.78 is 5.51. The number of fused-ring (bicyclic) bond motifs is 3. The van der Waals surface area contributed by atoms with E-state index in [0.29, 0.717) is 0 Å². The number of aliphatic carboxylic acids is 1. The van der Waals surface area contributed by atoms with E-state index in [-0.39, 0.29) is 18.9 Å². The predicted molar refractivity (Wildman–Crippen MR) is 170 cm³/mol. The van der Waals surface area contributed by atoms with Crippen LogP contribution in [0, 0.1) is 0 Å². The zero-order chi connectivity index (χ0) is 35.5. The molecule has 0 aliphatic heterocycles. The lowest BCUT2D eigenvalue weighted by Gasteiger charge is -2.24. The van der Waals surface area contributed by atoms with Gasteiger partial charge >= 0.3 is 12.1 Å². The Morgan fingerprint density at radius 3 is 1.67 bits per heavy atom. The summed E-state index contributed by atoms with van der Waals surface area (Å²) in [6.45, 7) is 3.38. The number of primary amides is 1. The van der Waals surface area contributed by atoms with E-state index in [0.717, 1.165) is 22.3 Å². The van der Waals surface area contributed by atoms with Gasteiger partial charge < -0.3 is 47.3 Å². The van der Waals surface area contributed by atoms with Gasteiger partial charge in [-0.1, -0.05) is 55.5 Å². The van der Waals surface area contributed by atoms with E-state index in [4.69, 9.17) is 15.6 Å². The lowest BCUT2D eigenvalue weighted by atomic mass is 9.98. The van der Waals surface area contributed by atoms with Gasteiger partial charge in [0.2, 0.25) is 29.5 Å². The zero-order valence-electron chi connectivity index (χ0n) is 26.6. The van der Waals surface area contributed by atoms with Crippen molar-refractivity contribution in [2.24, 2.45) is 5.73 Å². The molecule has 3 rings (SSSR count). The quantitative estimate of drug-likeness (QED) is 0.111. The molecule has 0 aromatic heterocycles. The first-order chi connectivity index (χ1) is 22.8. The van der Waals surface area contributed by atoms with Crippen molar-refractivity contribution in [1.29, 1.82) is 0 Å². The van der Waals surface area contributed by atoms with Crippen LogP contribution in [-0.2, 0) is 33.5 Å². The molecule has 1 aliphatic carbocycles. The van der Waals surface area contributed by atoms with Crippen LogP contribution in [0.25, 0.3) is 11.1 Å². The van der Waals surface area contributed by atoms with Gasteiger partial charge in [-0.2, -0.15) is 0 Å². The second-order valence-corrected chi connectivity index (χ2v) is 11.2. The second kappa shape index (κ2) is 16.9. The van der Waals surface area contributed by atoms with Gasteiger partial charge in [0.15, 0.2) is 0 Å². The molecule has 0 heterocycles. The Labute approximate surface area is 276 Å². The Bertz CT molecular complexity index is 1500. The Kier molecular flexibility index (Phi) is 13.0. The van der Waals surface area contributed by atoms with Crippen LogP contribution in [0.5, 0.6) is 0 Å². The number of carboxylic acid groups (broad SMARTS) is 1. The number of aliphatic hydroxyl groups excluding tert-OH is 1. The Morgan fingerprint density at radius 2 is 1.21 bits per heavy atom. The molecule has 0 fully saturated rings. The average molecular weight is 669 g/mol. The van der Waals surface area contributed by atoms with E-state index in [1.807, 2.05) is 48.5 Å². The second-order valence-electron chi connectivity index (χ2n) is 11.2. The molecule has 16 nitrogen and oxygen atoms in total. The number of hydrogen-bond donors (Lipinski definition) is 8. The summed E-state index contributed by atoms with van der Waals surface area (Å²) in [6.07, 6.45) is -1.57. The predicted octanol–water partition coefficient (Wildman–Crippen LogP) is -0.765. The SMILES string of the molecule is CC[C@H](NC(=O)OCC1c2ccccc2-c2ccccc21)C(=O)N[C@@H](C)C(=O)NC(CC(=O)O)C(=O)N[C@@H](C)C(=O)N[C@@H](CO)C(N)=O. The third-order valence-electron chi connectivity index (χ3n) is 7.72. The van der Waals surface area contributed by atoms with Gasteiger partial charge in [-0.15, -0.1) is 0 Å². The molecule has 258 valence electrons. The molecule has 6 amide bonds. The maximum Gasteiger partial charge on any atom is 0.407 e. The van der Waals surface area contributed by atoms with Crippen LogP contribution in [0.15, 0.2) is 48.5 Å². The molecule has 9 N–H and O–H groups in total. The minimum Gasteiger partial charge on any atom is -0.481 e. The zero-order valence-corrected chi connectivity index (χ0v) is 26.6. The van der Waals surface area contributed by atoms with Crippen LogP contribution in [0.3, 0.4) is 0 Å². The number of ether oxygens (including phenoxy) is 1. The normalized spacial score (nSPS) is 14.8.